The third-order valence-electron chi connectivity index (χ3n) is 3.80. The first kappa shape index (κ1) is 12.1. The summed E-state index contributed by atoms with van der Waals surface area (Å²) < 4.78 is 5.85. The molecule has 2 heteroatoms. The number of nitrogens with one attached hydrogen (secondary N) is 1. The summed E-state index contributed by atoms with van der Waals surface area (Å²) in [6.07, 6.45) is 0. The molecule has 0 amide bonds. The van der Waals surface area contributed by atoms with E-state index in [1.54, 1.807) is 0 Å². The van der Waals surface area contributed by atoms with Gasteiger partial charge in [-0.2, -0.15) is 0 Å². The van der Waals surface area contributed by atoms with E-state index < -0.39 is 0 Å². The maximum Gasteiger partial charge on any atom is 0.142 e. The highest BCUT2D eigenvalue weighted by Gasteiger charge is 2.20. The summed E-state index contributed by atoms with van der Waals surface area (Å²) in [5.74, 6) is 0.950. The van der Waals surface area contributed by atoms with Gasteiger partial charge in [0.15, 0.2) is 0 Å². The second-order valence-electron chi connectivity index (χ2n) is 5.35. The highest BCUT2D eigenvalue weighted by molar-refractivity contribution is 5.60. The lowest BCUT2D eigenvalue weighted by molar-refractivity contribution is 0.286. The van der Waals surface area contributed by atoms with Gasteiger partial charge in [-0.1, -0.05) is 24.3 Å². The van der Waals surface area contributed by atoms with Crippen LogP contribution in [-0.2, 0) is 0 Å². The molecule has 1 unspecified atom stereocenters. The molecule has 0 aliphatic carbocycles. The van der Waals surface area contributed by atoms with Gasteiger partial charge in [0.25, 0.3) is 0 Å². The molecule has 0 radical (unpaired) electrons. The van der Waals surface area contributed by atoms with Crippen LogP contribution < -0.4 is 10.1 Å². The zero-order valence-electron chi connectivity index (χ0n) is 11.7. The number of hydrogen-bond donors (Lipinski definition) is 1. The van der Waals surface area contributed by atoms with Crippen molar-refractivity contribution in [2.75, 3.05) is 11.9 Å². The van der Waals surface area contributed by atoms with Crippen LogP contribution in [0.15, 0.2) is 36.4 Å². The Hall–Kier alpha value is -1.96. The van der Waals surface area contributed by atoms with Gasteiger partial charge >= 0.3 is 0 Å². The van der Waals surface area contributed by atoms with Crippen molar-refractivity contribution in [1.82, 2.24) is 0 Å². The summed E-state index contributed by atoms with van der Waals surface area (Å²) in [5.41, 5.74) is 6.28. The zero-order chi connectivity index (χ0) is 13.4. The fraction of sp³-hybridized carbons (Fsp3) is 0.294. The van der Waals surface area contributed by atoms with E-state index in [0.29, 0.717) is 6.61 Å². The second kappa shape index (κ2) is 4.61. The van der Waals surface area contributed by atoms with Crippen molar-refractivity contribution in [2.45, 2.75) is 26.8 Å². The Morgan fingerprint density at radius 1 is 1.00 bits per heavy atom. The van der Waals surface area contributed by atoms with Crippen LogP contribution in [0.2, 0.25) is 0 Å². The molecule has 0 saturated carbocycles. The first-order valence-electron chi connectivity index (χ1n) is 6.70. The van der Waals surface area contributed by atoms with Crippen LogP contribution in [0.5, 0.6) is 5.75 Å². The number of fused-ring (bicyclic) bond motifs is 1. The van der Waals surface area contributed by atoms with Gasteiger partial charge in [0.1, 0.15) is 12.4 Å². The molecule has 3 rings (SSSR count). The maximum atomic E-state index is 5.85. The molecule has 98 valence electrons. The summed E-state index contributed by atoms with van der Waals surface area (Å²) in [6, 6.07) is 13.1. The van der Waals surface area contributed by atoms with Gasteiger partial charge in [0.2, 0.25) is 0 Å². The molecular formula is C17H19NO. The molecule has 1 heterocycles. The van der Waals surface area contributed by atoms with Gasteiger partial charge in [0, 0.05) is 0 Å². The lowest BCUT2D eigenvalue weighted by Crippen LogP contribution is -2.24. The predicted molar refractivity (Wildman–Crippen MR) is 79.0 cm³/mol. The van der Waals surface area contributed by atoms with E-state index in [0.717, 1.165) is 11.4 Å². The minimum absolute atomic E-state index is 0.230. The van der Waals surface area contributed by atoms with E-state index in [2.05, 4.69) is 56.4 Å². The number of ether oxygens (including phenoxy) is 1. The van der Waals surface area contributed by atoms with Gasteiger partial charge in [-0.3, -0.25) is 0 Å². The van der Waals surface area contributed by atoms with Crippen LogP contribution in [-0.4, -0.2) is 6.61 Å². The van der Waals surface area contributed by atoms with Crippen molar-refractivity contribution in [1.29, 1.82) is 0 Å². The van der Waals surface area contributed by atoms with Crippen LogP contribution >= 0.6 is 0 Å². The second-order valence-corrected chi connectivity index (χ2v) is 5.35. The monoisotopic (exact) mass is 253 g/mol. The smallest absolute Gasteiger partial charge is 0.142 e. The molecular weight excluding hydrogens is 234 g/mol. The molecule has 2 nitrogen and oxygen atoms in total. The van der Waals surface area contributed by atoms with Crippen molar-refractivity contribution < 1.29 is 4.74 Å². The van der Waals surface area contributed by atoms with Gasteiger partial charge in [-0.15, -0.1) is 0 Å². The topological polar surface area (TPSA) is 21.3 Å². The Morgan fingerprint density at radius 2 is 1.84 bits per heavy atom. The fourth-order valence-corrected chi connectivity index (χ4v) is 2.45. The number of anilines is 1. The third-order valence-corrected chi connectivity index (χ3v) is 3.80. The van der Waals surface area contributed by atoms with Gasteiger partial charge in [0.05, 0.1) is 11.7 Å². The first-order chi connectivity index (χ1) is 9.13. The Morgan fingerprint density at radius 3 is 2.63 bits per heavy atom. The minimum Gasteiger partial charge on any atom is -0.489 e. The molecule has 0 spiro atoms. The van der Waals surface area contributed by atoms with Crippen LogP contribution in [0.1, 0.15) is 28.3 Å². The van der Waals surface area contributed by atoms with Gasteiger partial charge in [-0.05, 0) is 55.2 Å². The molecule has 1 N–H and O–H groups in total. The SMILES string of the molecule is Cc1ccc2c(c1)NC(c1ccc(C)c(C)c1)CO2. The third kappa shape index (κ3) is 2.30. The highest BCUT2D eigenvalue weighted by atomic mass is 16.5. The molecule has 19 heavy (non-hydrogen) atoms. The van der Waals surface area contributed by atoms with E-state index in [4.69, 9.17) is 4.74 Å². The number of hydrogen-bond acceptors (Lipinski definition) is 2. The minimum atomic E-state index is 0.230. The molecule has 0 fully saturated rings. The predicted octanol–water partition coefficient (Wildman–Crippen LogP) is 4.16. The van der Waals surface area contributed by atoms with E-state index in [9.17, 15) is 0 Å². The van der Waals surface area contributed by atoms with E-state index in [1.165, 1.54) is 22.3 Å². The van der Waals surface area contributed by atoms with Crippen molar-refractivity contribution in [3.05, 3.63) is 58.7 Å². The number of benzene rings is 2. The average molecular weight is 253 g/mol. The quantitative estimate of drug-likeness (QED) is 0.824. The van der Waals surface area contributed by atoms with E-state index >= 15 is 0 Å². The molecule has 2 aromatic carbocycles. The zero-order valence-corrected chi connectivity index (χ0v) is 11.7. The van der Waals surface area contributed by atoms with Crippen molar-refractivity contribution in [3.63, 3.8) is 0 Å². The summed E-state index contributed by atoms with van der Waals surface area (Å²) in [7, 11) is 0. The largest absolute Gasteiger partial charge is 0.489 e. The summed E-state index contributed by atoms with van der Waals surface area (Å²) in [6.45, 7) is 7.07. The Labute approximate surface area is 114 Å². The first-order valence-corrected chi connectivity index (χ1v) is 6.70. The van der Waals surface area contributed by atoms with Crippen molar-refractivity contribution >= 4 is 5.69 Å². The van der Waals surface area contributed by atoms with Crippen molar-refractivity contribution in [3.8, 4) is 5.75 Å². The molecule has 1 aliphatic heterocycles. The normalized spacial score (nSPS) is 17.3. The average Bonchev–Trinajstić information content (AvgIpc) is 2.41. The molecule has 2 aromatic rings. The van der Waals surface area contributed by atoms with Gasteiger partial charge < -0.3 is 10.1 Å². The fourth-order valence-electron chi connectivity index (χ4n) is 2.45. The van der Waals surface area contributed by atoms with Crippen LogP contribution in [0.3, 0.4) is 0 Å². The van der Waals surface area contributed by atoms with Crippen molar-refractivity contribution in [2.24, 2.45) is 0 Å². The molecule has 1 aliphatic rings. The highest BCUT2D eigenvalue weighted by Crippen LogP contribution is 2.34. The Kier molecular flexibility index (Phi) is 2.94. The summed E-state index contributed by atoms with van der Waals surface area (Å²) in [4.78, 5) is 0. The molecule has 0 aromatic heterocycles. The standard InChI is InChI=1S/C17H19NO/c1-11-4-7-17-15(8-11)18-16(10-19-17)14-6-5-12(2)13(3)9-14/h4-9,16,18H,10H2,1-3H3. The Balaban J connectivity index is 1.90. The Bertz CT molecular complexity index is 619. The van der Waals surface area contributed by atoms with Gasteiger partial charge in [-0.25, -0.2) is 0 Å². The molecule has 0 bridgehead atoms. The van der Waals surface area contributed by atoms with Crippen LogP contribution in [0, 0.1) is 20.8 Å². The molecule has 0 saturated heterocycles. The maximum absolute atomic E-state index is 5.85. The van der Waals surface area contributed by atoms with E-state index in [1.807, 2.05) is 6.07 Å². The van der Waals surface area contributed by atoms with Crippen LogP contribution in [0.4, 0.5) is 5.69 Å². The van der Waals surface area contributed by atoms with E-state index in [-0.39, 0.29) is 6.04 Å². The summed E-state index contributed by atoms with van der Waals surface area (Å²) >= 11 is 0. The lowest BCUT2D eigenvalue weighted by Gasteiger charge is -2.28. The number of rotatable bonds is 1. The lowest BCUT2D eigenvalue weighted by atomic mass is 10.00. The number of aryl methyl sites for hydroxylation is 3. The van der Waals surface area contributed by atoms with Crippen LogP contribution in [0.25, 0.3) is 0 Å². The summed E-state index contributed by atoms with van der Waals surface area (Å²) in [5, 5.41) is 3.58. The molecule has 1 atom stereocenters.